The van der Waals surface area contributed by atoms with E-state index in [1.165, 1.54) is 18.2 Å². The number of aromatic carboxylic acids is 1. The molecule has 1 aromatic heterocycles. The number of primary amides is 1. The van der Waals surface area contributed by atoms with E-state index in [1.807, 2.05) is 0 Å². The molecule has 1 aliphatic rings. The van der Waals surface area contributed by atoms with Gasteiger partial charge in [-0.05, 0) is 35.9 Å². The molecule has 1 aliphatic heterocycles. The molecule has 11 nitrogen and oxygen atoms in total. The fraction of sp³-hybridized carbons (Fsp3) is 0.333. The van der Waals surface area contributed by atoms with Gasteiger partial charge in [-0.1, -0.05) is 0 Å². The van der Waals surface area contributed by atoms with Crippen LogP contribution in [0, 0.1) is 0 Å². The van der Waals surface area contributed by atoms with Crippen LogP contribution in [0.5, 0.6) is 5.75 Å². The van der Waals surface area contributed by atoms with Crippen molar-refractivity contribution >= 4 is 29.0 Å². The van der Waals surface area contributed by atoms with Crippen molar-refractivity contribution in [2.45, 2.75) is 30.7 Å². The van der Waals surface area contributed by atoms with Gasteiger partial charge in [0, 0.05) is 4.88 Å². The molecule has 0 spiro atoms. The Hall–Kier alpha value is -2.74. The minimum Gasteiger partial charge on any atom is -0.477 e. The molecule has 1 saturated heterocycles. The van der Waals surface area contributed by atoms with E-state index in [1.54, 1.807) is 12.1 Å². The Morgan fingerprint density at radius 3 is 2.37 bits per heavy atom. The second-order valence-electron chi connectivity index (χ2n) is 6.49. The molecule has 2 aromatic rings. The first-order chi connectivity index (χ1) is 14.2. The third-order valence-corrected chi connectivity index (χ3v) is 5.60. The molecule has 1 aromatic carbocycles. The molecule has 0 saturated carbocycles. The summed E-state index contributed by atoms with van der Waals surface area (Å²) in [6, 6.07) is 6.88. The Balaban J connectivity index is 1.77. The predicted molar refractivity (Wildman–Crippen MR) is 104 cm³/mol. The Labute approximate surface area is 173 Å². The summed E-state index contributed by atoms with van der Waals surface area (Å²) in [5, 5.41) is 50.4. The number of benzene rings is 1. The van der Waals surface area contributed by atoms with E-state index in [-0.39, 0.29) is 16.3 Å². The van der Waals surface area contributed by atoms with Crippen molar-refractivity contribution < 1.29 is 44.6 Å². The quantitative estimate of drug-likeness (QED) is 0.318. The van der Waals surface area contributed by atoms with Gasteiger partial charge in [0.2, 0.25) is 6.29 Å². The maximum Gasteiger partial charge on any atom is 0.348 e. The van der Waals surface area contributed by atoms with E-state index in [4.69, 9.17) is 15.2 Å². The van der Waals surface area contributed by atoms with Gasteiger partial charge in [-0.3, -0.25) is 0 Å². The number of carboxylic acid groups (broad SMARTS) is 1. The van der Waals surface area contributed by atoms with Gasteiger partial charge in [0.05, 0.1) is 12.3 Å². The molecule has 0 aliphatic carbocycles. The molecule has 12 heteroatoms. The van der Waals surface area contributed by atoms with Crippen LogP contribution in [-0.4, -0.2) is 74.8 Å². The standard InChI is InChI=1S/C18H20N2O9S/c19-18(27)20-9-5-11(30-15(9)16(25)26)7-1-3-8(4-2-7)28-17-14(24)13(23)12(22)10(6-21)29-17/h1-5,10,12-14,17,21-24H,6H2,(H,25,26)(H3,19,20,27). The molecule has 30 heavy (non-hydrogen) atoms. The fourth-order valence-electron chi connectivity index (χ4n) is 2.91. The topological polar surface area (TPSA) is 192 Å². The first kappa shape index (κ1) is 22.0. The smallest absolute Gasteiger partial charge is 0.348 e. The summed E-state index contributed by atoms with van der Waals surface area (Å²) >= 11 is 0.944. The number of carbonyl (C=O) groups excluding carboxylic acids is 1. The minimum absolute atomic E-state index is 0.0783. The number of rotatable bonds is 6. The fourth-order valence-corrected chi connectivity index (χ4v) is 3.87. The number of amides is 2. The van der Waals surface area contributed by atoms with Gasteiger partial charge in [0.15, 0.2) is 0 Å². The van der Waals surface area contributed by atoms with Crippen LogP contribution in [0.15, 0.2) is 30.3 Å². The van der Waals surface area contributed by atoms with Crippen molar-refractivity contribution in [3.05, 3.63) is 35.2 Å². The van der Waals surface area contributed by atoms with E-state index in [9.17, 15) is 35.1 Å². The highest BCUT2D eigenvalue weighted by molar-refractivity contribution is 7.18. The molecule has 5 atom stereocenters. The Morgan fingerprint density at radius 2 is 1.80 bits per heavy atom. The number of carboxylic acids is 1. The number of aliphatic hydroxyl groups is 4. The highest BCUT2D eigenvalue weighted by atomic mass is 32.1. The largest absolute Gasteiger partial charge is 0.477 e. The lowest BCUT2D eigenvalue weighted by atomic mass is 9.99. The molecule has 162 valence electrons. The number of nitrogens with two attached hydrogens (primary N) is 1. The lowest BCUT2D eigenvalue weighted by molar-refractivity contribution is -0.277. The van der Waals surface area contributed by atoms with Gasteiger partial charge in [0.1, 0.15) is 35.0 Å². The summed E-state index contributed by atoms with van der Waals surface area (Å²) in [6.45, 7) is -0.574. The number of aliphatic hydroxyl groups excluding tert-OH is 4. The van der Waals surface area contributed by atoms with Crippen LogP contribution < -0.4 is 15.8 Å². The number of nitrogens with one attached hydrogen (secondary N) is 1. The number of anilines is 1. The average Bonchev–Trinajstić information content (AvgIpc) is 3.12. The molecule has 1 fully saturated rings. The number of ether oxygens (including phenoxy) is 2. The van der Waals surface area contributed by atoms with E-state index < -0.39 is 49.3 Å². The van der Waals surface area contributed by atoms with Gasteiger partial charge in [-0.25, -0.2) is 9.59 Å². The molecule has 5 unspecified atom stereocenters. The van der Waals surface area contributed by atoms with Crippen molar-refractivity contribution in [3.63, 3.8) is 0 Å². The van der Waals surface area contributed by atoms with E-state index in [2.05, 4.69) is 5.32 Å². The van der Waals surface area contributed by atoms with Crippen LogP contribution >= 0.6 is 11.3 Å². The van der Waals surface area contributed by atoms with E-state index >= 15 is 0 Å². The lowest BCUT2D eigenvalue weighted by Gasteiger charge is -2.39. The molecule has 0 radical (unpaired) electrons. The van der Waals surface area contributed by atoms with Crippen LogP contribution in [0.1, 0.15) is 9.67 Å². The summed E-state index contributed by atoms with van der Waals surface area (Å²) in [6.07, 6.45) is -7.00. The molecule has 0 bridgehead atoms. The van der Waals surface area contributed by atoms with Gasteiger partial charge in [-0.2, -0.15) is 0 Å². The summed E-state index contributed by atoms with van der Waals surface area (Å²) in [4.78, 5) is 22.9. The normalized spacial score (nSPS) is 26.2. The first-order valence-corrected chi connectivity index (χ1v) is 9.54. The SMILES string of the molecule is NC(=O)Nc1cc(-c2ccc(OC3OC(CO)C(O)C(O)C3O)cc2)sc1C(=O)O. The highest BCUT2D eigenvalue weighted by Gasteiger charge is 2.44. The second-order valence-corrected chi connectivity index (χ2v) is 7.54. The zero-order chi connectivity index (χ0) is 22.0. The average molecular weight is 440 g/mol. The third-order valence-electron chi connectivity index (χ3n) is 4.42. The molecule has 8 N–H and O–H groups in total. The Kier molecular flexibility index (Phi) is 6.55. The zero-order valence-corrected chi connectivity index (χ0v) is 16.2. The zero-order valence-electron chi connectivity index (χ0n) is 15.3. The second kappa shape index (κ2) is 8.95. The van der Waals surface area contributed by atoms with Gasteiger partial charge < -0.3 is 46.1 Å². The van der Waals surface area contributed by atoms with Crippen LogP contribution in [0.2, 0.25) is 0 Å². The maximum atomic E-state index is 11.4. The van der Waals surface area contributed by atoms with Crippen molar-refractivity contribution in [1.82, 2.24) is 0 Å². The van der Waals surface area contributed by atoms with Crippen molar-refractivity contribution in [3.8, 4) is 16.2 Å². The summed E-state index contributed by atoms with van der Waals surface area (Å²) in [7, 11) is 0. The van der Waals surface area contributed by atoms with Gasteiger partial charge >= 0.3 is 12.0 Å². The Morgan fingerprint density at radius 1 is 1.13 bits per heavy atom. The summed E-state index contributed by atoms with van der Waals surface area (Å²) in [5.74, 6) is -0.953. The van der Waals surface area contributed by atoms with Gasteiger partial charge in [0.25, 0.3) is 0 Å². The maximum absolute atomic E-state index is 11.4. The third kappa shape index (κ3) is 4.53. The van der Waals surface area contributed by atoms with Crippen molar-refractivity contribution in [2.24, 2.45) is 5.73 Å². The predicted octanol–water partition coefficient (Wildman–Crippen LogP) is -0.217. The number of thiophene rings is 1. The molecule has 3 rings (SSSR count). The van der Waals surface area contributed by atoms with Crippen LogP contribution in [0.25, 0.3) is 10.4 Å². The van der Waals surface area contributed by atoms with Gasteiger partial charge in [-0.15, -0.1) is 11.3 Å². The van der Waals surface area contributed by atoms with Crippen LogP contribution in [0.4, 0.5) is 10.5 Å². The van der Waals surface area contributed by atoms with Crippen LogP contribution in [-0.2, 0) is 4.74 Å². The summed E-state index contributed by atoms with van der Waals surface area (Å²) < 4.78 is 10.8. The highest BCUT2D eigenvalue weighted by Crippen LogP contribution is 2.36. The number of carbonyl (C=O) groups is 2. The monoisotopic (exact) mass is 440 g/mol. The molecule has 2 heterocycles. The van der Waals surface area contributed by atoms with Crippen LogP contribution in [0.3, 0.4) is 0 Å². The molecule has 2 amide bonds. The van der Waals surface area contributed by atoms with Crippen molar-refractivity contribution in [1.29, 1.82) is 0 Å². The Bertz CT molecular complexity index is 915. The first-order valence-electron chi connectivity index (χ1n) is 8.72. The minimum atomic E-state index is -1.56. The van der Waals surface area contributed by atoms with Crippen molar-refractivity contribution in [2.75, 3.05) is 11.9 Å². The number of hydrogen-bond acceptors (Lipinski definition) is 9. The molecular weight excluding hydrogens is 420 g/mol. The number of urea groups is 1. The van der Waals surface area contributed by atoms with E-state index in [0.717, 1.165) is 11.3 Å². The number of hydrogen-bond donors (Lipinski definition) is 7. The molecular formula is C18H20N2O9S. The lowest BCUT2D eigenvalue weighted by Crippen LogP contribution is -2.60. The summed E-state index contributed by atoms with van der Waals surface area (Å²) in [5.41, 5.74) is 5.77. The van der Waals surface area contributed by atoms with E-state index in [0.29, 0.717) is 10.4 Å².